The number of rotatable bonds is 5. The Balaban J connectivity index is 2.07. The van der Waals surface area contributed by atoms with Gasteiger partial charge in [0.25, 0.3) is 5.69 Å². The maximum absolute atomic E-state index is 13.9. The molecule has 0 heterocycles. The van der Waals surface area contributed by atoms with Crippen LogP contribution in [0, 0.1) is 21.7 Å². The second-order valence-electron chi connectivity index (χ2n) is 5.34. The lowest BCUT2D eigenvalue weighted by molar-refractivity contribution is -0.384. The lowest BCUT2D eigenvalue weighted by atomic mass is 10.0. The number of hydrogen-bond donors (Lipinski definition) is 0. The van der Waals surface area contributed by atoms with Crippen molar-refractivity contribution in [3.63, 3.8) is 0 Å². The minimum absolute atomic E-state index is 0.113. The zero-order valence-electron chi connectivity index (χ0n) is 13.6. The van der Waals surface area contributed by atoms with Crippen molar-refractivity contribution in [1.82, 2.24) is 0 Å². The zero-order chi connectivity index (χ0) is 18.7. The number of nitro groups is 1. The summed E-state index contributed by atoms with van der Waals surface area (Å²) in [4.78, 5) is 11.6. The maximum atomic E-state index is 13.9. The quantitative estimate of drug-likeness (QED) is 0.310. The summed E-state index contributed by atoms with van der Waals surface area (Å²) in [7, 11) is 0. The molecule has 0 aliphatic rings. The highest BCUT2D eigenvalue weighted by atomic mass is 32.2. The number of non-ortho nitro benzene ring substituents is 1. The van der Waals surface area contributed by atoms with Gasteiger partial charge in [-0.2, -0.15) is 0 Å². The van der Waals surface area contributed by atoms with Gasteiger partial charge in [0.05, 0.1) is 11.0 Å². The van der Waals surface area contributed by atoms with E-state index in [2.05, 4.69) is 0 Å². The lowest BCUT2D eigenvalue weighted by Gasteiger charge is -2.12. The van der Waals surface area contributed by atoms with E-state index in [0.717, 1.165) is 22.6 Å². The topological polar surface area (TPSA) is 52.4 Å². The van der Waals surface area contributed by atoms with Crippen molar-refractivity contribution < 1.29 is 18.4 Å². The summed E-state index contributed by atoms with van der Waals surface area (Å²) in [6, 6.07) is 14.5. The Morgan fingerprint density at radius 3 is 2.31 bits per heavy atom. The summed E-state index contributed by atoms with van der Waals surface area (Å²) in [6.45, 7) is 0. The SMILES string of the molecule is CSc1ccc(-c2ccc([N+](=O)[O-])cc2Oc2ccc(F)cc2F)cc1. The summed E-state index contributed by atoms with van der Waals surface area (Å²) in [5, 5.41) is 11.1. The summed E-state index contributed by atoms with van der Waals surface area (Å²) in [5.74, 6) is -1.72. The van der Waals surface area contributed by atoms with E-state index in [-0.39, 0.29) is 17.2 Å². The van der Waals surface area contributed by atoms with E-state index in [1.54, 1.807) is 17.8 Å². The molecule has 0 aliphatic heterocycles. The predicted octanol–water partition coefficient (Wildman–Crippen LogP) is 6.05. The Hall–Kier alpha value is -2.93. The molecule has 0 radical (unpaired) electrons. The standard InChI is InChI=1S/C19H13F2NO3S/c1-26-15-6-2-12(3-7-15)16-8-5-14(22(23)24)11-19(16)25-18-9-4-13(20)10-17(18)21/h2-11H,1H3. The zero-order valence-corrected chi connectivity index (χ0v) is 14.4. The molecule has 3 rings (SSSR count). The van der Waals surface area contributed by atoms with Crippen molar-refractivity contribution in [2.45, 2.75) is 4.90 Å². The first-order valence-electron chi connectivity index (χ1n) is 7.53. The van der Waals surface area contributed by atoms with Crippen molar-refractivity contribution in [1.29, 1.82) is 0 Å². The second-order valence-corrected chi connectivity index (χ2v) is 6.22. The smallest absolute Gasteiger partial charge is 0.273 e. The third-order valence-corrected chi connectivity index (χ3v) is 4.43. The van der Waals surface area contributed by atoms with Crippen LogP contribution in [-0.4, -0.2) is 11.2 Å². The normalized spacial score (nSPS) is 10.6. The van der Waals surface area contributed by atoms with Crippen molar-refractivity contribution in [2.24, 2.45) is 0 Å². The fraction of sp³-hybridized carbons (Fsp3) is 0.0526. The van der Waals surface area contributed by atoms with Gasteiger partial charge in [0.15, 0.2) is 11.6 Å². The fourth-order valence-corrected chi connectivity index (χ4v) is 2.80. The molecular weight excluding hydrogens is 360 g/mol. The molecule has 0 unspecified atom stereocenters. The molecular formula is C19H13F2NO3S. The van der Waals surface area contributed by atoms with Gasteiger partial charge < -0.3 is 4.74 Å². The van der Waals surface area contributed by atoms with Gasteiger partial charge in [-0.3, -0.25) is 10.1 Å². The number of hydrogen-bond acceptors (Lipinski definition) is 4. The Labute approximate surface area is 152 Å². The molecule has 0 spiro atoms. The predicted molar refractivity (Wildman–Crippen MR) is 96.7 cm³/mol. The largest absolute Gasteiger partial charge is 0.453 e. The van der Waals surface area contributed by atoms with Crippen LogP contribution in [0.1, 0.15) is 0 Å². The monoisotopic (exact) mass is 373 g/mol. The van der Waals surface area contributed by atoms with E-state index < -0.39 is 16.6 Å². The van der Waals surface area contributed by atoms with E-state index >= 15 is 0 Å². The van der Waals surface area contributed by atoms with E-state index in [9.17, 15) is 18.9 Å². The van der Waals surface area contributed by atoms with E-state index in [1.165, 1.54) is 12.1 Å². The molecule has 0 amide bonds. The Morgan fingerprint density at radius 1 is 0.962 bits per heavy atom. The van der Waals surface area contributed by atoms with Crippen LogP contribution < -0.4 is 4.74 Å². The molecule has 0 aromatic heterocycles. The molecule has 3 aromatic carbocycles. The lowest BCUT2D eigenvalue weighted by Crippen LogP contribution is -1.95. The summed E-state index contributed by atoms with van der Waals surface area (Å²) in [6.07, 6.45) is 1.95. The van der Waals surface area contributed by atoms with Crippen LogP contribution in [0.3, 0.4) is 0 Å². The molecule has 4 nitrogen and oxygen atoms in total. The van der Waals surface area contributed by atoms with Gasteiger partial charge in [0.1, 0.15) is 11.6 Å². The second kappa shape index (κ2) is 7.53. The van der Waals surface area contributed by atoms with Crippen LogP contribution in [0.15, 0.2) is 65.6 Å². The molecule has 0 atom stereocenters. The minimum Gasteiger partial charge on any atom is -0.453 e. The van der Waals surface area contributed by atoms with Crippen LogP contribution in [0.5, 0.6) is 11.5 Å². The highest BCUT2D eigenvalue weighted by Gasteiger charge is 2.16. The summed E-state index contributed by atoms with van der Waals surface area (Å²) >= 11 is 1.58. The first-order chi connectivity index (χ1) is 12.5. The number of benzene rings is 3. The average molecular weight is 373 g/mol. The molecule has 0 N–H and O–H groups in total. The average Bonchev–Trinajstić information content (AvgIpc) is 2.64. The Morgan fingerprint density at radius 2 is 1.69 bits per heavy atom. The number of halogens is 2. The number of ether oxygens (including phenoxy) is 1. The van der Waals surface area contributed by atoms with Crippen molar-refractivity contribution in [3.05, 3.63) is 82.4 Å². The Kier molecular flexibility index (Phi) is 5.18. The van der Waals surface area contributed by atoms with E-state index in [4.69, 9.17) is 4.74 Å². The first-order valence-corrected chi connectivity index (χ1v) is 8.76. The molecule has 7 heteroatoms. The van der Waals surface area contributed by atoms with Gasteiger partial charge in [-0.15, -0.1) is 11.8 Å². The van der Waals surface area contributed by atoms with Gasteiger partial charge in [-0.25, -0.2) is 8.78 Å². The summed E-state index contributed by atoms with van der Waals surface area (Å²) in [5.41, 5.74) is 1.13. The van der Waals surface area contributed by atoms with Crippen molar-refractivity contribution in [2.75, 3.05) is 6.26 Å². The molecule has 3 aromatic rings. The van der Waals surface area contributed by atoms with Crippen molar-refractivity contribution >= 4 is 17.4 Å². The van der Waals surface area contributed by atoms with Gasteiger partial charge >= 0.3 is 0 Å². The highest BCUT2D eigenvalue weighted by molar-refractivity contribution is 7.98. The fourth-order valence-electron chi connectivity index (χ4n) is 2.39. The third kappa shape index (κ3) is 3.83. The minimum atomic E-state index is -0.889. The van der Waals surface area contributed by atoms with Crippen LogP contribution in [0.2, 0.25) is 0 Å². The molecule has 0 aliphatic carbocycles. The molecule has 0 saturated carbocycles. The number of thioether (sulfide) groups is 1. The molecule has 0 fully saturated rings. The van der Waals surface area contributed by atoms with Crippen LogP contribution >= 0.6 is 11.8 Å². The van der Waals surface area contributed by atoms with Gasteiger partial charge in [-0.05, 0) is 42.2 Å². The molecule has 0 saturated heterocycles. The summed E-state index contributed by atoms with van der Waals surface area (Å²) < 4.78 is 32.6. The molecule has 132 valence electrons. The van der Waals surface area contributed by atoms with Crippen LogP contribution in [-0.2, 0) is 0 Å². The van der Waals surface area contributed by atoms with E-state index in [1.807, 2.05) is 30.5 Å². The van der Waals surface area contributed by atoms with E-state index in [0.29, 0.717) is 11.6 Å². The van der Waals surface area contributed by atoms with Crippen molar-refractivity contribution in [3.8, 4) is 22.6 Å². The van der Waals surface area contributed by atoms with Gasteiger partial charge in [-0.1, -0.05) is 12.1 Å². The number of nitrogens with zero attached hydrogens (tertiary/aromatic N) is 1. The first kappa shape index (κ1) is 17.9. The van der Waals surface area contributed by atoms with Crippen LogP contribution in [0.25, 0.3) is 11.1 Å². The Bertz CT molecular complexity index is 961. The number of nitro benzene ring substituents is 1. The van der Waals surface area contributed by atoms with Crippen LogP contribution in [0.4, 0.5) is 14.5 Å². The molecule has 26 heavy (non-hydrogen) atoms. The maximum Gasteiger partial charge on any atom is 0.273 e. The van der Waals surface area contributed by atoms with Gasteiger partial charge in [0.2, 0.25) is 0 Å². The molecule has 0 bridgehead atoms. The van der Waals surface area contributed by atoms with Gasteiger partial charge in [0, 0.05) is 22.6 Å². The highest BCUT2D eigenvalue weighted by Crippen LogP contribution is 2.37. The third-order valence-electron chi connectivity index (χ3n) is 3.69.